The molecule has 0 saturated carbocycles. The number of cyclic esters (lactones) is 1. The summed E-state index contributed by atoms with van der Waals surface area (Å²) in [6.45, 7) is 0.278. The number of carbonyl (C=O) groups is 1. The third-order valence-corrected chi connectivity index (χ3v) is 1.79. The summed E-state index contributed by atoms with van der Waals surface area (Å²) < 4.78 is 4.70. The highest BCUT2D eigenvalue weighted by Crippen LogP contribution is 2.18. The average Bonchev–Trinajstić information content (AvgIpc) is 1.83. The van der Waals surface area contributed by atoms with E-state index in [9.17, 15) is 4.79 Å². The van der Waals surface area contributed by atoms with Crippen LogP contribution in [-0.2, 0) is 9.53 Å². The molecule has 3 nitrogen and oxygen atoms in total. The summed E-state index contributed by atoms with van der Waals surface area (Å²) in [5.74, 6) is -0.412. The molecule has 1 aliphatic heterocycles. The van der Waals surface area contributed by atoms with Crippen molar-refractivity contribution in [2.24, 2.45) is 0 Å². The maximum Gasteiger partial charge on any atom is 0.348 e. The van der Waals surface area contributed by atoms with Crippen LogP contribution in [0, 0.1) is 0 Å². The highest BCUT2D eigenvalue weighted by Gasteiger charge is 2.18. The normalized spacial score (nSPS) is 19.9. The van der Waals surface area contributed by atoms with E-state index in [1.165, 1.54) is 0 Å². The van der Waals surface area contributed by atoms with E-state index >= 15 is 0 Å². The van der Waals surface area contributed by atoms with Crippen molar-refractivity contribution < 1.29 is 14.6 Å². The van der Waals surface area contributed by atoms with Crippen molar-refractivity contribution >= 4 is 21.9 Å². The smallest absolute Gasteiger partial charge is 0.348 e. The van der Waals surface area contributed by atoms with Gasteiger partial charge in [-0.1, -0.05) is 0 Å². The Hall–Kier alpha value is -0.510. The number of halogens is 1. The molecule has 4 heteroatoms. The Bertz CT molecular complexity index is 173. The van der Waals surface area contributed by atoms with Crippen LogP contribution in [0.5, 0.6) is 0 Å². The van der Waals surface area contributed by atoms with Gasteiger partial charge in [0.05, 0.1) is 6.61 Å². The van der Waals surface area contributed by atoms with Crippen molar-refractivity contribution in [3.63, 3.8) is 0 Å². The first kappa shape index (κ1) is 6.61. The summed E-state index contributed by atoms with van der Waals surface area (Å²) in [5.41, 5.74) is 0. The lowest BCUT2D eigenvalue weighted by molar-refractivity contribution is -0.139. The molecule has 0 aromatic heterocycles. The SMILES string of the molecule is O=C1OCCC(O)=C1Br. The van der Waals surface area contributed by atoms with Crippen LogP contribution in [0.25, 0.3) is 0 Å². The molecular weight excluding hydrogens is 188 g/mol. The molecule has 9 heavy (non-hydrogen) atoms. The largest absolute Gasteiger partial charge is 0.511 e. The number of rotatable bonds is 0. The summed E-state index contributed by atoms with van der Waals surface area (Å²) in [5, 5.41) is 8.88. The molecule has 0 bridgehead atoms. The highest BCUT2D eigenvalue weighted by atomic mass is 79.9. The van der Waals surface area contributed by atoms with Gasteiger partial charge in [-0.15, -0.1) is 0 Å². The summed E-state index contributed by atoms with van der Waals surface area (Å²) in [6.07, 6.45) is 0.409. The molecule has 0 atom stereocenters. The van der Waals surface area contributed by atoms with E-state index in [0.717, 1.165) is 0 Å². The monoisotopic (exact) mass is 192 g/mol. The maximum absolute atomic E-state index is 10.5. The minimum Gasteiger partial charge on any atom is -0.511 e. The van der Waals surface area contributed by atoms with Crippen molar-refractivity contribution in [2.45, 2.75) is 6.42 Å². The van der Waals surface area contributed by atoms with Gasteiger partial charge >= 0.3 is 5.97 Å². The summed E-state index contributed by atoms with van der Waals surface area (Å²) in [7, 11) is 0. The summed E-state index contributed by atoms with van der Waals surface area (Å²) in [4.78, 5) is 10.5. The van der Waals surface area contributed by atoms with Crippen LogP contribution in [-0.4, -0.2) is 17.7 Å². The molecule has 1 aliphatic rings. The van der Waals surface area contributed by atoms with Crippen molar-refractivity contribution in [3.8, 4) is 0 Å². The molecule has 0 unspecified atom stereocenters. The van der Waals surface area contributed by atoms with Gasteiger partial charge < -0.3 is 9.84 Å². The van der Waals surface area contributed by atoms with E-state index in [0.29, 0.717) is 6.42 Å². The lowest BCUT2D eigenvalue weighted by Crippen LogP contribution is -2.13. The van der Waals surface area contributed by atoms with Gasteiger partial charge in [-0.05, 0) is 15.9 Å². The molecular formula is C5H5BrO3. The Morgan fingerprint density at radius 2 is 2.33 bits per heavy atom. The Morgan fingerprint density at radius 3 is 2.78 bits per heavy atom. The zero-order valence-corrected chi connectivity index (χ0v) is 6.14. The van der Waals surface area contributed by atoms with Gasteiger partial charge in [0.25, 0.3) is 0 Å². The molecule has 0 radical (unpaired) electrons. The third kappa shape index (κ3) is 1.24. The molecule has 0 saturated heterocycles. The second-order valence-electron chi connectivity index (χ2n) is 1.65. The molecule has 0 fully saturated rings. The average molecular weight is 193 g/mol. The molecule has 1 rings (SSSR count). The molecule has 50 valence electrons. The summed E-state index contributed by atoms with van der Waals surface area (Å²) in [6, 6.07) is 0. The van der Waals surface area contributed by atoms with Crippen LogP contribution in [0.1, 0.15) is 6.42 Å². The van der Waals surface area contributed by atoms with Gasteiger partial charge in [-0.2, -0.15) is 0 Å². The number of esters is 1. The molecule has 0 spiro atoms. The highest BCUT2D eigenvalue weighted by molar-refractivity contribution is 9.12. The Morgan fingerprint density at radius 1 is 1.67 bits per heavy atom. The Kier molecular flexibility index (Phi) is 1.75. The fourth-order valence-electron chi connectivity index (χ4n) is 0.531. The van der Waals surface area contributed by atoms with Crippen molar-refractivity contribution in [2.75, 3.05) is 6.61 Å². The number of aliphatic hydroxyl groups is 1. The minimum absolute atomic E-state index is 0.0752. The number of ether oxygens (including phenoxy) is 1. The van der Waals surface area contributed by atoms with Gasteiger partial charge in [0, 0.05) is 6.42 Å². The van der Waals surface area contributed by atoms with Gasteiger partial charge in [0.15, 0.2) is 0 Å². The zero-order valence-electron chi connectivity index (χ0n) is 4.56. The summed E-state index contributed by atoms with van der Waals surface area (Å²) >= 11 is 2.87. The van der Waals surface area contributed by atoms with Crippen molar-refractivity contribution in [1.82, 2.24) is 0 Å². The van der Waals surface area contributed by atoms with Gasteiger partial charge in [0.1, 0.15) is 10.2 Å². The number of hydrogen-bond donors (Lipinski definition) is 1. The molecule has 0 aromatic rings. The topological polar surface area (TPSA) is 46.5 Å². The number of carbonyl (C=O) groups excluding carboxylic acids is 1. The lowest BCUT2D eigenvalue weighted by Gasteiger charge is -2.10. The first-order valence-electron chi connectivity index (χ1n) is 2.46. The van der Waals surface area contributed by atoms with E-state index in [1.54, 1.807) is 0 Å². The van der Waals surface area contributed by atoms with Crippen molar-refractivity contribution in [1.29, 1.82) is 0 Å². The predicted octanol–water partition coefficient (Wildman–Crippen LogP) is 1.10. The Balaban J connectivity index is 2.84. The fourth-order valence-corrected chi connectivity index (χ4v) is 0.844. The first-order valence-corrected chi connectivity index (χ1v) is 3.26. The maximum atomic E-state index is 10.5. The second-order valence-corrected chi connectivity index (χ2v) is 2.44. The molecule has 0 aliphatic carbocycles. The van der Waals surface area contributed by atoms with Crippen LogP contribution >= 0.6 is 15.9 Å². The third-order valence-electron chi connectivity index (χ3n) is 1.00. The van der Waals surface area contributed by atoms with E-state index in [2.05, 4.69) is 20.7 Å². The first-order chi connectivity index (χ1) is 4.22. The molecule has 1 heterocycles. The predicted molar refractivity (Wildman–Crippen MR) is 34.2 cm³/mol. The van der Waals surface area contributed by atoms with Crippen LogP contribution < -0.4 is 0 Å². The molecule has 1 N–H and O–H groups in total. The van der Waals surface area contributed by atoms with Crippen molar-refractivity contribution in [3.05, 3.63) is 10.2 Å². The second kappa shape index (κ2) is 2.39. The number of hydrogen-bond acceptors (Lipinski definition) is 3. The van der Waals surface area contributed by atoms with Crippen LogP contribution in [0.4, 0.5) is 0 Å². The van der Waals surface area contributed by atoms with E-state index in [4.69, 9.17) is 5.11 Å². The van der Waals surface area contributed by atoms with Crippen LogP contribution in [0.3, 0.4) is 0 Å². The zero-order chi connectivity index (χ0) is 6.85. The van der Waals surface area contributed by atoms with E-state index < -0.39 is 5.97 Å². The van der Waals surface area contributed by atoms with Gasteiger partial charge in [0.2, 0.25) is 0 Å². The molecule has 0 amide bonds. The van der Waals surface area contributed by atoms with Crippen LogP contribution in [0.2, 0.25) is 0 Å². The Labute approximate surface area is 60.4 Å². The quantitative estimate of drug-likeness (QED) is 0.586. The standard InChI is InChI=1S/C5H5BrO3/c6-4-3(7)1-2-9-5(4)8/h7H,1-2H2. The minimum atomic E-state index is -0.487. The molecule has 0 aromatic carbocycles. The van der Waals surface area contributed by atoms with E-state index in [1.807, 2.05) is 0 Å². The van der Waals surface area contributed by atoms with E-state index in [-0.39, 0.29) is 16.8 Å². The van der Waals surface area contributed by atoms with Gasteiger partial charge in [-0.25, -0.2) is 4.79 Å². The number of aliphatic hydroxyl groups excluding tert-OH is 1. The lowest BCUT2D eigenvalue weighted by atomic mass is 10.3. The van der Waals surface area contributed by atoms with Crippen LogP contribution in [0.15, 0.2) is 10.2 Å². The van der Waals surface area contributed by atoms with Gasteiger partial charge in [-0.3, -0.25) is 0 Å². The fraction of sp³-hybridized carbons (Fsp3) is 0.400.